The fourth-order valence-electron chi connectivity index (χ4n) is 3.57. The number of rotatable bonds is 3. The van der Waals surface area contributed by atoms with Gasteiger partial charge >= 0.3 is 0 Å². The molecule has 2 aliphatic rings. The third-order valence-electron chi connectivity index (χ3n) is 5.40. The van der Waals surface area contributed by atoms with Gasteiger partial charge in [0.1, 0.15) is 0 Å². The molecule has 1 aromatic heterocycles. The van der Waals surface area contributed by atoms with Crippen LogP contribution in [-0.4, -0.2) is 42.3 Å². The van der Waals surface area contributed by atoms with Crippen molar-refractivity contribution in [2.45, 2.75) is 44.6 Å². The summed E-state index contributed by atoms with van der Waals surface area (Å²) in [4.78, 5) is 12.1. The molecular weight excluding hydrogens is 302 g/mol. The number of aliphatic imine (C=N–C) groups is 1. The van der Waals surface area contributed by atoms with Gasteiger partial charge in [-0.15, -0.1) is 11.3 Å². The summed E-state index contributed by atoms with van der Waals surface area (Å²) in [7, 11) is 4.36. The lowest BCUT2D eigenvalue weighted by molar-refractivity contribution is 0.166. The van der Waals surface area contributed by atoms with E-state index in [1.54, 1.807) is 0 Å². The lowest BCUT2D eigenvalue weighted by Crippen LogP contribution is -2.39. The van der Waals surface area contributed by atoms with Gasteiger partial charge in [0.05, 0.1) is 15.2 Å². The molecule has 1 aromatic carbocycles. The SMILES string of the molecule is C[C@H]1CCC(c2ccc3sc(C4CC(N(C)C)C4)nc3c2)=NC1. The quantitative estimate of drug-likeness (QED) is 0.840. The number of hydrogen-bond acceptors (Lipinski definition) is 4. The highest BCUT2D eigenvalue weighted by atomic mass is 32.1. The number of aromatic nitrogens is 1. The summed E-state index contributed by atoms with van der Waals surface area (Å²) in [5.41, 5.74) is 3.72. The largest absolute Gasteiger partial charge is 0.306 e. The molecule has 0 unspecified atom stereocenters. The molecule has 1 fully saturated rings. The van der Waals surface area contributed by atoms with Crippen molar-refractivity contribution in [3.8, 4) is 0 Å². The van der Waals surface area contributed by atoms with E-state index in [0.29, 0.717) is 5.92 Å². The summed E-state index contributed by atoms with van der Waals surface area (Å²) in [6.07, 6.45) is 4.87. The van der Waals surface area contributed by atoms with E-state index in [2.05, 4.69) is 44.1 Å². The van der Waals surface area contributed by atoms with Crippen molar-refractivity contribution in [3.05, 3.63) is 28.8 Å². The van der Waals surface area contributed by atoms with Crippen molar-refractivity contribution in [2.24, 2.45) is 10.9 Å². The summed E-state index contributed by atoms with van der Waals surface area (Å²) >= 11 is 1.88. The minimum Gasteiger partial charge on any atom is -0.306 e. The van der Waals surface area contributed by atoms with E-state index in [0.717, 1.165) is 30.4 Å². The summed E-state index contributed by atoms with van der Waals surface area (Å²) in [6, 6.07) is 7.48. The monoisotopic (exact) mass is 327 g/mol. The number of benzene rings is 1. The van der Waals surface area contributed by atoms with Gasteiger partial charge < -0.3 is 4.90 Å². The van der Waals surface area contributed by atoms with Crippen molar-refractivity contribution in [1.29, 1.82) is 0 Å². The third-order valence-corrected chi connectivity index (χ3v) is 6.60. The van der Waals surface area contributed by atoms with Crippen molar-refractivity contribution < 1.29 is 0 Å². The number of fused-ring (bicyclic) bond motifs is 1. The van der Waals surface area contributed by atoms with E-state index in [9.17, 15) is 0 Å². The van der Waals surface area contributed by atoms with Gasteiger partial charge in [-0.25, -0.2) is 4.98 Å². The van der Waals surface area contributed by atoms with Crippen LogP contribution in [0.15, 0.2) is 23.2 Å². The molecule has 2 aromatic rings. The smallest absolute Gasteiger partial charge is 0.0970 e. The molecule has 2 heterocycles. The highest BCUT2D eigenvalue weighted by Gasteiger charge is 2.33. The summed E-state index contributed by atoms with van der Waals surface area (Å²) in [5.74, 6) is 1.40. The van der Waals surface area contributed by atoms with Crippen molar-refractivity contribution in [2.75, 3.05) is 20.6 Å². The van der Waals surface area contributed by atoms with Crippen LogP contribution in [0.5, 0.6) is 0 Å². The standard InChI is InChI=1S/C19H25N3S/c1-12-4-6-16(20-11-12)13-5-7-18-17(10-13)21-19(23-18)14-8-15(9-14)22(2)3/h5,7,10,12,14-15H,4,6,8-9,11H2,1-3H3/t12-,14?,15?/m0/s1. The molecule has 122 valence electrons. The first-order valence-electron chi connectivity index (χ1n) is 8.71. The molecule has 1 saturated carbocycles. The Labute approximate surface area is 142 Å². The Balaban J connectivity index is 1.56. The maximum atomic E-state index is 4.94. The van der Waals surface area contributed by atoms with E-state index in [4.69, 9.17) is 9.98 Å². The van der Waals surface area contributed by atoms with E-state index < -0.39 is 0 Å². The zero-order valence-electron chi connectivity index (χ0n) is 14.2. The zero-order valence-corrected chi connectivity index (χ0v) is 15.1. The molecule has 0 spiro atoms. The van der Waals surface area contributed by atoms with Crippen LogP contribution in [-0.2, 0) is 0 Å². The Bertz CT molecular complexity index is 740. The number of thiazole rings is 1. The van der Waals surface area contributed by atoms with E-state index in [1.165, 1.54) is 40.2 Å². The Morgan fingerprint density at radius 1 is 1.22 bits per heavy atom. The van der Waals surface area contributed by atoms with Crippen molar-refractivity contribution in [3.63, 3.8) is 0 Å². The highest BCUT2D eigenvalue weighted by molar-refractivity contribution is 7.18. The first kappa shape index (κ1) is 15.3. The topological polar surface area (TPSA) is 28.5 Å². The van der Waals surface area contributed by atoms with Crippen LogP contribution >= 0.6 is 11.3 Å². The van der Waals surface area contributed by atoms with Crippen LogP contribution in [0.25, 0.3) is 10.2 Å². The van der Waals surface area contributed by atoms with Gasteiger partial charge in [0.15, 0.2) is 0 Å². The fourth-order valence-corrected chi connectivity index (χ4v) is 4.64. The molecule has 23 heavy (non-hydrogen) atoms. The van der Waals surface area contributed by atoms with Gasteiger partial charge in [0.25, 0.3) is 0 Å². The van der Waals surface area contributed by atoms with Gasteiger partial charge in [0, 0.05) is 24.2 Å². The summed E-state index contributed by atoms with van der Waals surface area (Å²) in [6.45, 7) is 3.26. The molecule has 3 nitrogen and oxygen atoms in total. The number of hydrogen-bond donors (Lipinski definition) is 0. The van der Waals surface area contributed by atoms with Gasteiger partial charge in [-0.05, 0) is 63.4 Å². The molecule has 0 bridgehead atoms. The fraction of sp³-hybridized carbons (Fsp3) is 0.579. The first-order valence-corrected chi connectivity index (χ1v) is 9.52. The molecule has 0 saturated heterocycles. The van der Waals surface area contributed by atoms with Crippen LogP contribution in [0, 0.1) is 5.92 Å². The summed E-state index contributed by atoms with van der Waals surface area (Å²) < 4.78 is 1.32. The maximum absolute atomic E-state index is 4.94. The average molecular weight is 327 g/mol. The van der Waals surface area contributed by atoms with Crippen molar-refractivity contribution >= 4 is 27.3 Å². The first-order chi connectivity index (χ1) is 11.1. The van der Waals surface area contributed by atoms with E-state index in [-0.39, 0.29) is 0 Å². The molecule has 0 N–H and O–H groups in total. The third kappa shape index (κ3) is 2.94. The van der Waals surface area contributed by atoms with E-state index >= 15 is 0 Å². The predicted molar refractivity (Wildman–Crippen MR) is 98.9 cm³/mol. The second-order valence-electron chi connectivity index (χ2n) is 7.45. The minimum atomic E-state index is 0.663. The zero-order chi connectivity index (χ0) is 16.0. The lowest BCUT2D eigenvalue weighted by atomic mass is 9.80. The van der Waals surface area contributed by atoms with Gasteiger partial charge in [-0.3, -0.25) is 4.99 Å². The van der Waals surface area contributed by atoms with Crippen LogP contribution in [0.1, 0.15) is 49.1 Å². The second kappa shape index (κ2) is 5.99. The van der Waals surface area contributed by atoms with Gasteiger partial charge in [-0.2, -0.15) is 0 Å². The van der Waals surface area contributed by atoms with E-state index in [1.807, 2.05) is 11.3 Å². The molecular formula is C19H25N3S. The Morgan fingerprint density at radius 3 is 2.74 bits per heavy atom. The molecule has 4 rings (SSSR count). The van der Waals surface area contributed by atoms with Crippen LogP contribution in [0.2, 0.25) is 0 Å². The normalized spacial score (nSPS) is 28.0. The van der Waals surface area contributed by atoms with Crippen LogP contribution in [0.4, 0.5) is 0 Å². The van der Waals surface area contributed by atoms with Crippen LogP contribution < -0.4 is 0 Å². The maximum Gasteiger partial charge on any atom is 0.0970 e. The Kier molecular flexibility index (Phi) is 3.98. The van der Waals surface area contributed by atoms with Crippen molar-refractivity contribution in [1.82, 2.24) is 9.88 Å². The van der Waals surface area contributed by atoms with Crippen LogP contribution in [0.3, 0.4) is 0 Å². The molecule has 4 heteroatoms. The Hall–Kier alpha value is -1.26. The summed E-state index contributed by atoms with van der Waals surface area (Å²) in [5, 5.41) is 1.33. The molecule has 1 aliphatic carbocycles. The number of nitrogens with zero attached hydrogens (tertiary/aromatic N) is 3. The average Bonchev–Trinajstić information content (AvgIpc) is 2.88. The molecule has 0 amide bonds. The highest BCUT2D eigenvalue weighted by Crippen LogP contribution is 2.42. The lowest BCUT2D eigenvalue weighted by Gasteiger charge is -2.38. The van der Waals surface area contributed by atoms with Gasteiger partial charge in [-0.1, -0.05) is 13.0 Å². The predicted octanol–water partition coefficient (Wildman–Crippen LogP) is 4.32. The Morgan fingerprint density at radius 2 is 2.04 bits per heavy atom. The molecule has 1 aliphatic heterocycles. The molecule has 0 radical (unpaired) electrons. The second-order valence-corrected chi connectivity index (χ2v) is 8.51. The minimum absolute atomic E-state index is 0.663. The van der Waals surface area contributed by atoms with Gasteiger partial charge in [0.2, 0.25) is 0 Å². The molecule has 1 atom stereocenters.